The molecule has 0 amide bonds. The average molecular weight is 256 g/mol. The minimum Gasteiger partial charge on any atom is -0.480 e. The molecule has 0 saturated heterocycles. The van der Waals surface area contributed by atoms with Gasteiger partial charge >= 0.3 is 12.1 Å². The lowest BCUT2D eigenvalue weighted by molar-refractivity contribution is -0.138. The van der Waals surface area contributed by atoms with E-state index in [1.165, 1.54) is 0 Å². The largest absolute Gasteiger partial charge is 0.480 e. The van der Waals surface area contributed by atoms with Crippen molar-refractivity contribution in [2.45, 2.75) is 12.2 Å². The van der Waals surface area contributed by atoms with E-state index in [1.54, 1.807) is 0 Å². The topological polar surface area (TPSA) is 63.3 Å². The molecule has 1 aromatic rings. The molecule has 1 atom stereocenters. The smallest absolute Gasteiger partial charge is 0.416 e. The maximum atomic E-state index is 12.1. The van der Waals surface area contributed by atoms with E-state index in [2.05, 4.69) is 0 Å². The Hall–Kier alpha value is -1.27. The van der Waals surface area contributed by atoms with Crippen LogP contribution in [-0.2, 0) is 11.0 Å². The highest BCUT2D eigenvalue weighted by atomic mass is 35.5. The lowest BCUT2D eigenvalue weighted by atomic mass is 10.1. The first-order chi connectivity index (χ1) is 6.82. The Bertz CT molecular complexity index is 364. The van der Waals surface area contributed by atoms with Crippen LogP contribution in [0.5, 0.6) is 0 Å². The van der Waals surface area contributed by atoms with E-state index in [9.17, 15) is 18.0 Å². The summed E-state index contributed by atoms with van der Waals surface area (Å²) in [6.45, 7) is 0. The van der Waals surface area contributed by atoms with Gasteiger partial charge in [-0.25, -0.2) is 0 Å². The van der Waals surface area contributed by atoms with Crippen LogP contribution in [0.1, 0.15) is 17.2 Å². The monoisotopic (exact) mass is 255 g/mol. The molecule has 1 rings (SSSR count). The standard InChI is InChI=1S/C9H8F3NO2.ClH/c10-9(11,12)6-3-1-5(2-4-6)7(13)8(14)15;/h1-4,7H,13H2,(H,14,15);1H. The summed E-state index contributed by atoms with van der Waals surface area (Å²) >= 11 is 0. The van der Waals surface area contributed by atoms with Crippen molar-refractivity contribution < 1.29 is 23.1 Å². The summed E-state index contributed by atoms with van der Waals surface area (Å²) < 4.78 is 36.4. The van der Waals surface area contributed by atoms with E-state index in [1.807, 2.05) is 0 Å². The molecule has 0 saturated carbocycles. The van der Waals surface area contributed by atoms with Crippen molar-refractivity contribution in [3.63, 3.8) is 0 Å². The molecular formula is C9H9ClF3NO2. The third-order valence-corrected chi connectivity index (χ3v) is 1.86. The molecule has 16 heavy (non-hydrogen) atoms. The van der Waals surface area contributed by atoms with Gasteiger partial charge in [-0.2, -0.15) is 13.2 Å². The van der Waals surface area contributed by atoms with Crippen LogP contribution in [0.2, 0.25) is 0 Å². The second-order valence-electron chi connectivity index (χ2n) is 2.94. The minimum absolute atomic E-state index is 0. The van der Waals surface area contributed by atoms with Crippen LogP contribution in [0, 0.1) is 0 Å². The molecule has 3 N–H and O–H groups in total. The average Bonchev–Trinajstić information content (AvgIpc) is 2.15. The molecule has 3 nitrogen and oxygen atoms in total. The molecule has 0 aliphatic heterocycles. The zero-order valence-corrected chi connectivity index (χ0v) is 8.68. The lowest BCUT2D eigenvalue weighted by Crippen LogP contribution is -2.20. The van der Waals surface area contributed by atoms with Crippen molar-refractivity contribution >= 4 is 18.4 Å². The minimum atomic E-state index is -4.42. The van der Waals surface area contributed by atoms with Crippen LogP contribution in [0.3, 0.4) is 0 Å². The molecule has 1 unspecified atom stereocenters. The highest BCUT2D eigenvalue weighted by Crippen LogP contribution is 2.29. The van der Waals surface area contributed by atoms with Crippen molar-refractivity contribution in [1.82, 2.24) is 0 Å². The van der Waals surface area contributed by atoms with Crippen LogP contribution < -0.4 is 5.73 Å². The van der Waals surface area contributed by atoms with Gasteiger partial charge in [0.05, 0.1) is 5.56 Å². The van der Waals surface area contributed by atoms with Crippen molar-refractivity contribution in [1.29, 1.82) is 0 Å². The molecule has 90 valence electrons. The molecule has 0 aliphatic rings. The summed E-state index contributed by atoms with van der Waals surface area (Å²) in [4.78, 5) is 10.4. The zero-order valence-electron chi connectivity index (χ0n) is 7.86. The fourth-order valence-electron chi connectivity index (χ4n) is 1.02. The number of hydrogen-bond acceptors (Lipinski definition) is 2. The number of alkyl halides is 3. The number of carboxylic acids is 1. The number of benzene rings is 1. The van der Waals surface area contributed by atoms with Gasteiger partial charge < -0.3 is 10.8 Å². The molecule has 0 fully saturated rings. The summed E-state index contributed by atoms with van der Waals surface area (Å²) in [5.41, 5.74) is 4.52. The van der Waals surface area contributed by atoms with Crippen LogP contribution in [0.4, 0.5) is 13.2 Å². The van der Waals surface area contributed by atoms with Crippen LogP contribution in [0.15, 0.2) is 24.3 Å². The predicted molar refractivity (Wildman–Crippen MR) is 53.3 cm³/mol. The Labute approximate surface area is 95.5 Å². The Morgan fingerprint density at radius 2 is 1.69 bits per heavy atom. The maximum Gasteiger partial charge on any atom is 0.416 e. The molecule has 7 heteroatoms. The highest BCUT2D eigenvalue weighted by Gasteiger charge is 2.30. The van der Waals surface area contributed by atoms with Gasteiger partial charge in [0.2, 0.25) is 0 Å². The molecular weight excluding hydrogens is 247 g/mol. The number of carboxylic acid groups (broad SMARTS) is 1. The summed E-state index contributed by atoms with van der Waals surface area (Å²) in [7, 11) is 0. The summed E-state index contributed by atoms with van der Waals surface area (Å²) in [6.07, 6.45) is -4.42. The van der Waals surface area contributed by atoms with Crippen molar-refractivity contribution in [3.05, 3.63) is 35.4 Å². The van der Waals surface area contributed by atoms with Gasteiger partial charge in [-0.3, -0.25) is 4.79 Å². The van der Waals surface area contributed by atoms with Gasteiger partial charge in [0.25, 0.3) is 0 Å². The van der Waals surface area contributed by atoms with E-state index in [0.717, 1.165) is 24.3 Å². The van der Waals surface area contributed by atoms with Gasteiger partial charge in [0.15, 0.2) is 0 Å². The summed E-state index contributed by atoms with van der Waals surface area (Å²) in [6, 6.07) is 2.42. The van der Waals surface area contributed by atoms with Gasteiger partial charge in [-0.1, -0.05) is 12.1 Å². The first-order valence-corrected chi connectivity index (χ1v) is 3.98. The van der Waals surface area contributed by atoms with Gasteiger partial charge in [0, 0.05) is 0 Å². The van der Waals surface area contributed by atoms with Crippen molar-refractivity contribution in [2.24, 2.45) is 5.73 Å². The third-order valence-electron chi connectivity index (χ3n) is 1.86. The lowest BCUT2D eigenvalue weighted by Gasteiger charge is -2.09. The van der Waals surface area contributed by atoms with Gasteiger partial charge in [0.1, 0.15) is 6.04 Å². The Morgan fingerprint density at radius 1 is 1.25 bits per heavy atom. The van der Waals surface area contributed by atoms with E-state index < -0.39 is 23.8 Å². The van der Waals surface area contributed by atoms with E-state index in [-0.39, 0.29) is 18.0 Å². The molecule has 0 bridgehead atoms. The zero-order chi connectivity index (χ0) is 11.6. The maximum absolute atomic E-state index is 12.1. The number of carbonyl (C=O) groups is 1. The van der Waals surface area contributed by atoms with Gasteiger partial charge in [-0.15, -0.1) is 12.4 Å². The number of rotatable bonds is 2. The molecule has 0 radical (unpaired) electrons. The Morgan fingerprint density at radius 3 is 2.00 bits per heavy atom. The number of nitrogens with two attached hydrogens (primary N) is 1. The van der Waals surface area contributed by atoms with Crippen LogP contribution >= 0.6 is 12.4 Å². The number of hydrogen-bond donors (Lipinski definition) is 2. The quantitative estimate of drug-likeness (QED) is 0.852. The summed E-state index contributed by atoms with van der Waals surface area (Å²) in [5, 5.41) is 8.52. The van der Waals surface area contributed by atoms with E-state index in [4.69, 9.17) is 10.8 Å². The van der Waals surface area contributed by atoms with Crippen molar-refractivity contribution in [2.75, 3.05) is 0 Å². The molecule has 0 aliphatic carbocycles. The SMILES string of the molecule is Cl.NC(C(=O)O)c1ccc(C(F)(F)F)cc1. The Kier molecular flexibility index (Phi) is 4.77. The normalized spacial score (nSPS) is 12.8. The van der Waals surface area contributed by atoms with Crippen LogP contribution in [0.25, 0.3) is 0 Å². The molecule has 1 aromatic carbocycles. The predicted octanol–water partition coefficient (Wildman–Crippen LogP) is 2.21. The van der Waals surface area contributed by atoms with Crippen molar-refractivity contribution in [3.8, 4) is 0 Å². The van der Waals surface area contributed by atoms with Crippen LogP contribution in [-0.4, -0.2) is 11.1 Å². The molecule has 0 spiro atoms. The second kappa shape index (κ2) is 5.18. The first kappa shape index (κ1) is 14.7. The fraction of sp³-hybridized carbons (Fsp3) is 0.222. The second-order valence-corrected chi connectivity index (χ2v) is 2.94. The van der Waals surface area contributed by atoms with E-state index >= 15 is 0 Å². The third kappa shape index (κ3) is 3.39. The Balaban J connectivity index is 0.00000225. The van der Waals surface area contributed by atoms with Gasteiger partial charge in [-0.05, 0) is 17.7 Å². The first-order valence-electron chi connectivity index (χ1n) is 3.98. The number of aliphatic carboxylic acids is 1. The fourth-order valence-corrected chi connectivity index (χ4v) is 1.02. The highest BCUT2D eigenvalue weighted by molar-refractivity contribution is 5.85. The van der Waals surface area contributed by atoms with E-state index in [0.29, 0.717) is 0 Å². The molecule has 0 aromatic heterocycles. The molecule has 0 heterocycles. The number of halogens is 4. The summed E-state index contributed by atoms with van der Waals surface area (Å²) in [5.74, 6) is -1.28.